The molecule has 0 aliphatic heterocycles. The molecule has 2 aromatic carbocycles. The zero-order valence-electron chi connectivity index (χ0n) is 19.3. The Kier molecular flexibility index (Phi) is 14.0. The minimum atomic E-state index is -0.0261. The Bertz CT molecular complexity index is 841. The molecule has 0 fully saturated rings. The Balaban J connectivity index is 0.00000272. The molecule has 0 aromatic heterocycles. The molecule has 33 heavy (non-hydrogen) atoms. The molecule has 8 heteroatoms. The van der Waals surface area contributed by atoms with Crippen molar-refractivity contribution in [1.82, 2.24) is 5.32 Å². The molecule has 1 aliphatic rings. The number of thioether (sulfide) groups is 1. The summed E-state index contributed by atoms with van der Waals surface area (Å²) in [6.45, 7) is 2.04. The molecule has 2 aromatic rings. The molecular formula is C25H38Cl2N2O3S. The lowest BCUT2D eigenvalue weighted by molar-refractivity contribution is 0.380. The van der Waals surface area contributed by atoms with Crippen LogP contribution in [0.4, 0.5) is 0 Å². The molecule has 0 amide bonds. The summed E-state index contributed by atoms with van der Waals surface area (Å²) in [5.41, 5.74) is 8.41. The van der Waals surface area contributed by atoms with Gasteiger partial charge < -0.3 is 26.0 Å². The molecule has 186 valence electrons. The maximum atomic E-state index is 10.2. The van der Waals surface area contributed by atoms with Crippen molar-refractivity contribution in [2.75, 3.05) is 26.0 Å². The Hall–Kier alpha value is -1.31. The van der Waals surface area contributed by atoms with Crippen LogP contribution in [-0.4, -0.2) is 42.2 Å². The molecule has 0 bridgehead atoms. The molecule has 1 aliphatic carbocycles. The van der Waals surface area contributed by atoms with Gasteiger partial charge in [0.1, 0.15) is 5.75 Å². The second-order valence-electron chi connectivity index (χ2n) is 8.26. The highest BCUT2D eigenvalue weighted by atomic mass is 35.5. The van der Waals surface area contributed by atoms with Crippen molar-refractivity contribution in [2.24, 2.45) is 5.73 Å². The predicted octanol–water partition coefficient (Wildman–Crippen LogP) is 5.64. The highest BCUT2D eigenvalue weighted by molar-refractivity contribution is 7.99. The van der Waals surface area contributed by atoms with E-state index >= 15 is 0 Å². The van der Waals surface area contributed by atoms with E-state index in [4.69, 9.17) is 10.5 Å². The standard InChI is InChI=1S/C25H36N2O3S.2ClH/c1-30-23-9-5-6-10-24(23)31-17-16-27-15-7-3-2-4-8-19-18-12-14-22(28)25(29)20(18)11-13-21(19)26;;/h5-6,9-10,12,14,19,21,27-29H,2-4,7-8,11,13,15-17,26H2,1H3;2*1H. The van der Waals surface area contributed by atoms with Crippen molar-refractivity contribution >= 4 is 36.6 Å². The topological polar surface area (TPSA) is 87.7 Å². The summed E-state index contributed by atoms with van der Waals surface area (Å²) in [6, 6.07) is 11.8. The van der Waals surface area contributed by atoms with Crippen LogP contribution in [0.3, 0.4) is 0 Å². The second-order valence-corrected chi connectivity index (χ2v) is 9.40. The largest absolute Gasteiger partial charge is 0.504 e. The SMILES string of the molecule is COc1ccccc1SCCNCCCCCCC1c2ccc(O)c(O)c2CCC1N.Cl.Cl. The summed E-state index contributed by atoms with van der Waals surface area (Å²) < 4.78 is 5.39. The number of phenols is 2. The van der Waals surface area contributed by atoms with E-state index < -0.39 is 0 Å². The number of aromatic hydroxyl groups is 2. The zero-order valence-corrected chi connectivity index (χ0v) is 21.7. The summed E-state index contributed by atoms with van der Waals surface area (Å²) in [5.74, 6) is 2.27. The second kappa shape index (κ2) is 15.6. The van der Waals surface area contributed by atoms with E-state index in [2.05, 4.69) is 11.4 Å². The average Bonchev–Trinajstić information content (AvgIpc) is 2.79. The van der Waals surface area contributed by atoms with Crippen LogP contribution in [0.25, 0.3) is 0 Å². The van der Waals surface area contributed by atoms with Gasteiger partial charge in [0.15, 0.2) is 11.5 Å². The maximum absolute atomic E-state index is 10.2. The number of nitrogens with two attached hydrogens (primary N) is 1. The minimum Gasteiger partial charge on any atom is -0.504 e. The first-order valence-corrected chi connectivity index (χ1v) is 12.4. The fourth-order valence-corrected chi connectivity index (χ4v) is 5.36. The normalized spacial score (nSPS) is 16.9. The zero-order chi connectivity index (χ0) is 22.1. The molecule has 0 spiro atoms. The van der Waals surface area contributed by atoms with Crippen molar-refractivity contribution < 1.29 is 14.9 Å². The van der Waals surface area contributed by atoms with Crippen LogP contribution in [0, 0.1) is 0 Å². The van der Waals surface area contributed by atoms with Crippen LogP contribution in [-0.2, 0) is 6.42 Å². The highest BCUT2D eigenvalue weighted by Crippen LogP contribution is 2.42. The molecule has 0 radical (unpaired) electrons. The van der Waals surface area contributed by atoms with Gasteiger partial charge in [-0.3, -0.25) is 0 Å². The van der Waals surface area contributed by atoms with Crippen molar-refractivity contribution in [3.63, 3.8) is 0 Å². The third-order valence-corrected chi connectivity index (χ3v) is 7.22. The quantitative estimate of drug-likeness (QED) is 0.166. The van der Waals surface area contributed by atoms with Crippen LogP contribution < -0.4 is 15.8 Å². The van der Waals surface area contributed by atoms with Crippen LogP contribution in [0.15, 0.2) is 41.3 Å². The van der Waals surface area contributed by atoms with Crippen LogP contribution >= 0.6 is 36.6 Å². The van der Waals surface area contributed by atoms with E-state index in [1.54, 1.807) is 13.2 Å². The number of rotatable bonds is 12. The Morgan fingerprint density at radius 2 is 1.79 bits per heavy atom. The summed E-state index contributed by atoms with van der Waals surface area (Å²) in [4.78, 5) is 1.19. The molecule has 0 saturated heterocycles. The average molecular weight is 518 g/mol. The van der Waals surface area contributed by atoms with E-state index in [0.717, 1.165) is 61.4 Å². The number of phenolic OH excluding ortho intramolecular Hbond substituents is 2. The lowest BCUT2D eigenvalue weighted by Gasteiger charge is -2.32. The first kappa shape index (κ1) is 29.7. The van der Waals surface area contributed by atoms with Gasteiger partial charge in [-0.1, -0.05) is 37.5 Å². The van der Waals surface area contributed by atoms with Gasteiger partial charge in [-0.15, -0.1) is 36.6 Å². The van der Waals surface area contributed by atoms with E-state index in [0.29, 0.717) is 0 Å². The third-order valence-electron chi connectivity index (χ3n) is 6.17. The smallest absolute Gasteiger partial charge is 0.160 e. The van der Waals surface area contributed by atoms with Crippen LogP contribution in [0.2, 0.25) is 0 Å². The first-order valence-electron chi connectivity index (χ1n) is 11.4. The number of benzene rings is 2. The minimum absolute atomic E-state index is 0. The lowest BCUT2D eigenvalue weighted by Crippen LogP contribution is -2.33. The monoisotopic (exact) mass is 516 g/mol. The van der Waals surface area contributed by atoms with Gasteiger partial charge in [0, 0.05) is 28.8 Å². The highest BCUT2D eigenvalue weighted by Gasteiger charge is 2.29. The lowest BCUT2D eigenvalue weighted by atomic mass is 9.76. The summed E-state index contributed by atoms with van der Waals surface area (Å²) >= 11 is 1.82. The van der Waals surface area contributed by atoms with Crippen molar-refractivity contribution in [3.05, 3.63) is 47.5 Å². The van der Waals surface area contributed by atoms with E-state index in [-0.39, 0.29) is 48.3 Å². The maximum Gasteiger partial charge on any atom is 0.160 e. The molecule has 2 unspecified atom stereocenters. The number of hydrogen-bond acceptors (Lipinski definition) is 6. The van der Waals surface area contributed by atoms with E-state index in [1.807, 2.05) is 36.0 Å². The Labute approximate surface area is 214 Å². The van der Waals surface area contributed by atoms with E-state index in [9.17, 15) is 10.2 Å². The van der Waals surface area contributed by atoms with Crippen LogP contribution in [0.5, 0.6) is 17.2 Å². The van der Waals surface area contributed by atoms with Crippen LogP contribution in [0.1, 0.15) is 55.6 Å². The van der Waals surface area contributed by atoms with Crippen molar-refractivity contribution in [2.45, 2.75) is 61.8 Å². The summed E-state index contributed by atoms with van der Waals surface area (Å²) in [7, 11) is 1.72. The van der Waals surface area contributed by atoms with Gasteiger partial charge in [0.25, 0.3) is 0 Å². The molecular weight excluding hydrogens is 479 g/mol. The first-order chi connectivity index (χ1) is 15.1. The number of methoxy groups -OCH3 is 1. The fraction of sp³-hybridized carbons (Fsp3) is 0.520. The number of ether oxygens (including phenoxy) is 1. The van der Waals surface area contributed by atoms with Gasteiger partial charge in [0.2, 0.25) is 0 Å². The number of halogens is 2. The summed E-state index contributed by atoms with van der Waals surface area (Å²) in [6.07, 6.45) is 7.38. The predicted molar refractivity (Wildman–Crippen MR) is 143 cm³/mol. The Morgan fingerprint density at radius 3 is 2.58 bits per heavy atom. The van der Waals surface area contributed by atoms with Crippen molar-refractivity contribution in [3.8, 4) is 17.2 Å². The number of nitrogens with one attached hydrogen (secondary N) is 1. The third kappa shape index (κ3) is 8.45. The van der Waals surface area contributed by atoms with Gasteiger partial charge in [-0.2, -0.15) is 0 Å². The van der Waals surface area contributed by atoms with Crippen molar-refractivity contribution in [1.29, 1.82) is 0 Å². The molecule has 0 heterocycles. The van der Waals surface area contributed by atoms with Gasteiger partial charge in [-0.25, -0.2) is 0 Å². The molecule has 0 saturated carbocycles. The number of fused-ring (bicyclic) bond motifs is 1. The Morgan fingerprint density at radius 1 is 1.03 bits per heavy atom. The molecule has 3 rings (SSSR count). The number of unbranched alkanes of at least 4 members (excludes halogenated alkanes) is 3. The van der Waals surface area contributed by atoms with E-state index in [1.165, 1.54) is 24.2 Å². The number of hydrogen-bond donors (Lipinski definition) is 4. The fourth-order valence-electron chi connectivity index (χ4n) is 4.43. The van der Waals surface area contributed by atoms with Gasteiger partial charge in [-0.05, 0) is 61.9 Å². The number of para-hydroxylation sites is 1. The molecule has 5 nitrogen and oxygen atoms in total. The molecule has 5 N–H and O–H groups in total. The van der Waals surface area contributed by atoms with Gasteiger partial charge >= 0.3 is 0 Å². The molecule has 2 atom stereocenters. The summed E-state index contributed by atoms with van der Waals surface area (Å²) in [5, 5.41) is 23.5. The van der Waals surface area contributed by atoms with Gasteiger partial charge in [0.05, 0.1) is 7.11 Å².